The molecule has 10 rings (SSSR count). The molecular formula is C43H26N2O2S. The van der Waals surface area contributed by atoms with Crippen LogP contribution in [0.5, 0.6) is 0 Å². The van der Waals surface area contributed by atoms with Crippen LogP contribution in [0.4, 0.5) is 17.1 Å². The molecule has 0 N–H and O–H groups in total. The minimum Gasteiger partial charge on any atom is -0.456 e. The number of furan rings is 1. The van der Waals surface area contributed by atoms with E-state index >= 15 is 0 Å². The van der Waals surface area contributed by atoms with Crippen molar-refractivity contribution in [2.24, 2.45) is 0 Å². The molecule has 48 heavy (non-hydrogen) atoms. The number of para-hydroxylation sites is 2. The Labute approximate surface area is 279 Å². The maximum Gasteiger partial charge on any atom is 0.228 e. The maximum atomic E-state index is 6.55. The van der Waals surface area contributed by atoms with E-state index in [2.05, 4.69) is 120 Å². The van der Waals surface area contributed by atoms with Gasteiger partial charge in [-0.05, 0) is 83.9 Å². The molecule has 0 amide bonds. The van der Waals surface area contributed by atoms with E-state index in [1.165, 1.54) is 31.3 Å². The number of nitrogens with zero attached hydrogens (tertiary/aromatic N) is 2. The lowest BCUT2D eigenvalue weighted by molar-refractivity contribution is 0.620. The summed E-state index contributed by atoms with van der Waals surface area (Å²) in [6, 6.07) is 55.1. The second-order valence-corrected chi connectivity index (χ2v) is 13.1. The number of thiophene rings is 1. The van der Waals surface area contributed by atoms with Crippen molar-refractivity contribution in [1.82, 2.24) is 4.98 Å². The summed E-state index contributed by atoms with van der Waals surface area (Å²) in [4.78, 5) is 7.11. The Morgan fingerprint density at radius 2 is 1.17 bits per heavy atom. The first kappa shape index (κ1) is 27.0. The van der Waals surface area contributed by atoms with Crippen LogP contribution in [0, 0.1) is 0 Å². The molecule has 0 unspecified atom stereocenters. The van der Waals surface area contributed by atoms with Crippen molar-refractivity contribution in [3.05, 3.63) is 158 Å². The summed E-state index contributed by atoms with van der Waals surface area (Å²) in [7, 11) is 0. The SMILES string of the molecule is c1ccc(-c2ccc(N(c3ccc4c(c3)oc3cccc(-c5nc6ccccc6o5)c34)c3ccc4sc5ccccc5c4c3)cc2)cc1. The second-order valence-electron chi connectivity index (χ2n) is 12.0. The Bertz CT molecular complexity index is 2760. The molecular weight excluding hydrogens is 609 g/mol. The molecule has 3 aromatic heterocycles. The molecule has 0 radical (unpaired) electrons. The topological polar surface area (TPSA) is 42.4 Å². The van der Waals surface area contributed by atoms with E-state index < -0.39 is 0 Å². The Balaban J connectivity index is 1.15. The number of aromatic nitrogens is 1. The minimum atomic E-state index is 0.588. The zero-order valence-corrected chi connectivity index (χ0v) is 26.4. The van der Waals surface area contributed by atoms with Crippen LogP contribution in [0.25, 0.3) is 75.8 Å². The van der Waals surface area contributed by atoms with Crippen LogP contribution < -0.4 is 4.90 Å². The predicted octanol–water partition coefficient (Wildman–Crippen LogP) is 12.9. The summed E-state index contributed by atoms with van der Waals surface area (Å²) in [6.07, 6.45) is 0. The largest absolute Gasteiger partial charge is 0.456 e. The number of oxazole rings is 1. The van der Waals surface area contributed by atoms with E-state index in [0.717, 1.165) is 55.7 Å². The van der Waals surface area contributed by atoms with Gasteiger partial charge in [-0.1, -0.05) is 78.9 Å². The predicted molar refractivity (Wildman–Crippen MR) is 200 cm³/mol. The molecule has 0 aliphatic rings. The molecule has 3 heterocycles. The molecule has 0 saturated carbocycles. The third-order valence-electron chi connectivity index (χ3n) is 9.11. The van der Waals surface area contributed by atoms with Crippen LogP contribution in [0.3, 0.4) is 0 Å². The lowest BCUT2D eigenvalue weighted by atomic mass is 10.0. The van der Waals surface area contributed by atoms with Crippen molar-refractivity contribution in [2.75, 3.05) is 4.90 Å². The summed E-state index contributed by atoms with van der Waals surface area (Å²) in [5.41, 5.74) is 9.66. The highest BCUT2D eigenvalue weighted by Crippen LogP contribution is 2.44. The molecule has 0 aliphatic heterocycles. The van der Waals surface area contributed by atoms with Crippen LogP contribution >= 0.6 is 11.3 Å². The summed E-state index contributed by atoms with van der Waals surface area (Å²) < 4.78 is 15.3. The smallest absolute Gasteiger partial charge is 0.228 e. The third-order valence-corrected chi connectivity index (χ3v) is 10.3. The number of hydrogen-bond donors (Lipinski definition) is 0. The second kappa shape index (κ2) is 10.7. The molecule has 0 aliphatic carbocycles. The standard InChI is InChI=1S/C43H26N2O2S/c1-2-9-27(10-3-1)28-17-19-29(20-18-28)45(30-22-24-41-35(25-30)32-11-4-7-16-40(32)48-41)31-21-23-33-39(26-31)46-38-15-8-12-34(42(33)38)43-44-36-13-5-6-14-37(36)47-43/h1-26H. The fraction of sp³-hybridized carbons (Fsp3) is 0. The highest BCUT2D eigenvalue weighted by Gasteiger charge is 2.20. The Kier molecular flexibility index (Phi) is 6.01. The first-order valence-electron chi connectivity index (χ1n) is 15.9. The quantitative estimate of drug-likeness (QED) is 0.189. The average Bonchev–Trinajstić information content (AvgIpc) is 3.85. The number of benzene rings is 7. The third kappa shape index (κ3) is 4.33. The van der Waals surface area contributed by atoms with Gasteiger partial charge in [0, 0.05) is 59.6 Å². The van der Waals surface area contributed by atoms with Crippen LogP contribution in [0.15, 0.2) is 167 Å². The Hall–Kier alpha value is -6.17. The highest BCUT2D eigenvalue weighted by atomic mass is 32.1. The maximum absolute atomic E-state index is 6.55. The highest BCUT2D eigenvalue weighted by molar-refractivity contribution is 7.25. The summed E-state index contributed by atoms with van der Waals surface area (Å²) >= 11 is 1.83. The van der Waals surface area contributed by atoms with E-state index in [1.807, 2.05) is 53.8 Å². The van der Waals surface area contributed by atoms with Crippen molar-refractivity contribution < 1.29 is 8.83 Å². The van der Waals surface area contributed by atoms with Gasteiger partial charge in [0.15, 0.2) is 5.58 Å². The van der Waals surface area contributed by atoms with Gasteiger partial charge in [0.1, 0.15) is 16.7 Å². The van der Waals surface area contributed by atoms with Crippen molar-refractivity contribution >= 4 is 81.6 Å². The Morgan fingerprint density at radius 3 is 2.06 bits per heavy atom. The summed E-state index contributed by atoms with van der Waals surface area (Å²) in [5, 5.41) is 4.55. The lowest BCUT2D eigenvalue weighted by Crippen LogP contribution is -2.09. The van der Waals surface area contributed by atoms with Crippen molar-refractivity contribution in [3.8, 4) is 22.6 Å². The zero-order chi connectivity index (χ0) is 31.6. The number of hydrogen-bond acceptors (Lipinski definition) is 5. The van der Waals surface area contributed by atoms with Crippen LogP contribution in [0.2, 0.25) is 0 Å². The van der Waals surface area contributed by atoms with Crippen LogP contribution in [0.1, 0.15) is 0 Å². The van der Waals surface area contributed by atoms with Gasteiger partial charge in [-0.25, -0.2) is 4.98 Å². The minimum absolute atomic E-state index is 0.588. The van der Waals surface area contributed by atoms with Crippen LogP contribution in [-0.2, 0) is 0 Å². The molecule has 0 fully saturated rings. The monoisotopic (exact) mass is 634 g/mol. The molecule has 0 saturated heterocycles. The van der Waals surface area contributed by atoms with E-state index in [1.54, 1.807) is 0 Å². The lowest BCUT2D eigenvalue weighted by Gasteiger charge is -2.26. The van der Waals surface area contributed by atoms with E-state index in [9.17, 15) is 0 Å². The average molecular weight is 635 g/mol. The molecule has 4 nitrogen and oxygen atoms in total. The van der Waals surface area contributed by atoms with Gasteiger partial charge in [-0.15, -0.1) is 11.3 Å². The molecule has 5 heteroatoms. The van der Waals surface area contributed by atoms with Crippen molar-refractivity contribution in [2.45, 2.75) is 0 Å². The molecule has 226 valence electrons. The molecule has 0 bridgehead atoms. The van der Waals surface area contributed by atoms with Gasteiger partial charge < -0.3 is 13.7 Å². The Morgan fingerprint density at radius 1 is 0.458 bits per heavy atom. The summed E-state index contributed by atoms with van der Waals surface area (Å²) in [6.45, 7) is 0. The fourth-order valence-electron chi connectivity index (χ4n) is 6.85. The van der Waals surface area contributed by atoms with Gasteiger partial charge in [-0.3, -0.25) is 0 Å². The van der Waals surface area contributed by atoms with Gasteiger partial charge in [0.05, 0.1) is 0 Å². The fourth-order valence-corrected chi connectivity index (χ4v) is 7.94. The van der Waals surface area contributed by atoms with Gasteiger partial charge in [0.2, 0.25) is 5.89 Å². The van der Waals surface area contributed by atoms with E-state index in [-0.39, 0.29) is 0 Å². The first-order chi connectivity index (χ1) is 23.8. The molecule has 7 aromatic carbocycles. The van der Waals surface area contributed by atoms with E-state index in [0.29, 0.717) is 5.89 Å². The number of anilines is 3. The molecule has 10 aromatic rings. The van der Waals surface area contributed by atoms with Gasteiger partial charge in [-0.2, -0.15) is 0 Å². The number of fused-ring (bicyclic) bond motifs is 7. The number of rotatable bonds is 5. The molecule has 0 atom stereocenters. The molecule has 0 spiro atoms. The van der Waals surface area contributed by atoms with E-state index in [4.69, 9.17) is 13.8 Å². The summed E-state index contributed by atoms with van der Waals surface area (Å²) in [5.74, 6) is 0.588. The first-order valence-corrected chi connectivity index (χ1v) is 16.8. The zero-order valence-electron chi connectivity index (χ0n) is 25.6. The normalized spacial score (nSPS) is 11.8. The van der Waals surface area contributed by atoms with Gasteiger partial charge in [0.25, 0.3) is 0 Å². The van der Waals surface area contributed by atoms with Crippen molar-refractivity contribution in [3.63, 3.8) is 0 Å². The van der Waals surface area contributed by atoms with Crippen LogP contribution in [-0.4, -0.2) is 4.98 Å². The van der Waals surface area contributed by atoms with Crippen molar-refractivity contribution in [1.29, 1.82) is 0 Å². The van der Waals surface area contributed by atoms with Gasteiger partial charge >= 0.3 is 0 Å².